The molecule has 2 heteroatoms. The van der Waals surface area contributed by atoms with Crippen molar-refractivity contribution in [1.29, 1.82) is 0 Å². The lowest BCUT2D eigenvalue weighted by Gasteiger charge is -1.94. The molecule has 52 valence electrons. The number of hydroxylamine groups is 2. The van der Waals surface area contributed by atoms with Gasteiger partial charge in [0.1, 0.15) is 0 Å². The minimum atomic E-state index is 0.265. The van der Waals surface area contributed by atoms with Crippen molar-refractivity contribution in [1.82, 2.24) is 5.06 Å². The molecule has 2 unspecified atom stereocenters. The van der Waals surface area contributed by atoms with E-state index in [-0.39, 0.29) is 6.04 Å². The normalized spacial score (nSPS) is 30.1. The fourth-order valence-electron chi connectivity index (χ4n) is 1.08. The van der Waals surface area contributed by atoms with Crippen LogP contribution in [0, 0.1) is 0 Å². The van der Waals surface area contributed by atoms with Crippen molar-refractivity contribution in [2.75, 3.05) is 6.54 Å². The molecule has 0 aliphatic carbocycles. The summed E-state index contributed by atoms with van der Waals surface area (Å²) in [6, 6.07) is 10.3. The molecule has 1 fully saturated rings. The Morgan fingerprint density at radius 1 is 1.30 bits per heavy atom. The molecule has 0 radical (unpaired) electrons. The Kier molecular flexibility index (Phi) is 1.22. The fourth-order valence-corrected chi connectivity index (χ4v) is 1.08. The van der Waals surface area contributed by atoms with Gasteiger partial charge in [-0.25, -0.2) is 0 Å². The molecule has 0 amide bonds. The third-order valence-electron chi connectivity index (χ3n) is 1.77. The summed E-state index contributed by atoms with van der Waals surface area (Å²) >= 11 is 0. The molecule has 1 heterocycles. The van der Waals surface area contributed by atoms with Crippen LogP contribution in [0.4, 0.5) is 0 Å². The summed E-state index contributed by atoms with van der Waals surface area (Å²) in [6.45, 7) is 0.782. The fraction of sp³-hybridized carbons (Fsp3) is 0.250. The van der Waals surface area contributed by atoms with Crippen molar-refractivity contribution < 1.29 is 5.21 Å². The van der Waals surface area contributed by atoms with Gasteiger partial charge < -0.3 is 5.21 Å². The van der Waals surface area contributed by atoms with Crippen LogP contribution >= 0.6 is 0 Å². The smallest absolute Gasteiger partial charge is 0.0750 e. The summed E-state index contributed by atoms with van der Waals surface area (Å²) in [5.41, 5.74) is 1.20. The first-order valence-corrected chi connectivity index (χ1v) is 3.38. The highest BCUT2D eigenvalue weighted by molar-refractivity contribution is 5.22. The van der Waals surface area contributed by atoms with Crippen LogP contribution in [0.5, 0.6) is 0 Å². The molecule has 2 nitrogen and oxygen atoms in total. The maximum Gasteiger partial charge on any atom is 0.0750 e. The molecule has 2 rings (SSSR count). The van der Waals surface area contributed by atoms with Crippen LogP contribution in [-0.2, 0) is 0 Å². The van der Waals surface area contributed by atoms with Crippen molar-refractivity contribution in [2.24, 2.45) is 0 Å². The van der Waals surface area contributed by atoms with E-state index < -0.39 is 0 Å². The zero-order valence-electron chi connectivity index (χ0n) is 5.57. The van der Waals surface area contributed by atoms with E-state index in [0.29, 0.717) is 0 Å². The van der Waals surface area contributed by atoms with Crippen molar-refractivity contribution >= 4 is 0 Å². The quantitative estimate of drug-likeness (QED) is 0.589. The third-order valence-corrected chi connectivity index (χ3v) is 1.77. The second-order valence-corrected chi connectivity index (χ2v) is 2.55. The van der Waals surface area contributed by atoms with Gasteiger partial charge in [-0.05, 0) is 5.56 Å². The lowest BCUT2D eigenvalue weighted by Crippen LogP contribution is -1.87. The van der Waals surface area contributed by atoms with E-state index in [1.807, 2.05) is 30.3 Å². The van der Waals surface area contributed by atoms with Gasteiger partial charge in [0.2, 0.25) is 0 Å². The Labute approximate surface area is 59.7 Å². The van der Waals surface area contributed by atoms with Crippen LogP contribution in [-0.4, -0.2) is 16.8 Å². The molecule has 10 heavy (non-hydrogen) atoms. The number of hydrogen-bond acceptors (Lipinski definition) is 2. The van der Waals surface area contributed by atoms with Crippen LogP contribution in [0.3, 0.4) is 0 Å². The number of benzene rings is 1. The first kappa shape index (κ1) is 5.89. The number of rotatable bonds is 1. The molecule has 0 spiro atoms. The summed E-state index contributed by atoms with van der Waals surface area (Å²) in [6.07, 6.45) is 0. The Morgan fingerprint density at radius 2 is 1.90 bits per heavy atom. The predicted molar refractivity (Wildman–Crippen MR) is 37.7 cm³/mol. The molecular formula is C8H9NO. The van der Waals surface area contributed by atoms with Crippen LogP contribution in [0.2, 0.25) is 0 Å². The first-order valence-electron chi connectivity index (χ1n) is 3.38. The van der Waals surface area contributed by atoms with E-state index in [2.05, 4.69) is 0 Å². The first-order chi connectivity index (χ1) is 4.88. The molecular weight excluding hydrogens is 126 g/mol. The minimum absolute atomic E-state index is 0.265. The van der Waals surface area contributed by atoms with Crippen LogP contribution in [0.25, 0.3) is 0 Å². The average Bonchev–Trinajstić information content (AvgIpc) is 2.69. The number of nitrogens with zero attached hydrogens (tertiary/aromatic N) is 1. The van der Waals surface area contributed by atoms with Crippen molar-refractivity contribution in [2.45, 2.75) is 6.04 Å². The average molecular weight is 135 g/mol. The summed E-state index contributed by atoms with van der Waals surface area (Å²) in [7, 11) is 0. The monoisotopic (exact) mass is 135 g/mol. The Morgan fingerprint density at radius 3 is 2.40 bits per heavy atom. The maximum absolute atomic E-state index is 8.91. The predicted octanol–water partition coefficient (Wildman–Crippen LogP) is 1.43. The van der Waals surface area contributed by atoms with Gasteiger partial charge in [-0.1, -0.05) is 30.3 Å². The zero-order valence-corrected chi connectivity index (χ0v) is 5.57. The molecule has 1 N–H and O–H groups in total. The lowest BCUT2D eigenvalue weighted by molar-refractivity contribution is 0.0183. The van der Waals surface area contributed by atoms with Crippen molar-refractivity contribution in [3.05, 3.63) is 35.9 Å². The second-order valence-electron chi connectivity index (χ2n) is 2.55. The topological polar surface area (TPSA) is 23.2 Å². The van der Waals surface area contributed by atoms with Crippen LogP contribution < -0.4 is 0 Å². The highest BCUT2D eigenvalue weighted by Crippen LogP contribution is 2.31. The molecule has 1 aromatic carbocycles. The van der Waals surface area contributed by atoms with Gasteiger partial charge in [0.25, 0.3) is 0 Å². The largest absolute Gasteiger partial charge is 0.313 e. The van der Waals surface area contributed by atoms with Crippen molar-refractivity contribution in [3.8, 4) is 0 Å². The van der Waals surface area contributed by atoms with Gasteiger partial charge in [-0.2, -0.15) is 5.06 Å². The molecule has 1 aliphatic heterocycles. The molecule has 2 atom stereocenters. The van der Waals surface area contributed by atoms with E-state index in [1.54, 1.807) is 0 Å². The highest BCUT2D eigenvalue weighted by Gasteiger charge is 2.33. The number of hydrogen-bond donors (Lipinski definition) is 1. The summed E-state index contributed by atoms with van der Waals surface area (Å²) < 4.78 is 0. The second kappa shape index (κ2) is 2.08. The Bertz CT molecular complexity index is 222. The molecule has 0 saturated carbocycles. The van der Waals surface area contributed by atoms with Crippen molar-refractivity contribution in [3.63, 3.8) is 0 Å². The standard InChI is InChI=1S/C8H9NO/c10-9-6-8(9)7-4-2-1-3-5-7/h1-5,8,10H,6H2. The van der Waals surface area contributed by atoms with E-state index in [4.69, 9.17) is 5.21 Å². The van der Waals surface area contributed by atoms with E-state index in [1.165, 1.54) is 10.6 Å². The molecule has 1 saturated heterocycles. The lowest BCUT2D eigenvalue weighted by atomic mass is 10.2. The maximum atomic E-state index is 8.91. The Balaban J connectivity index is 2.20. The van der Waals surface area contributed by atoms with Gasteiger partial charge in [0, 0.05) is 6.54 Å². The molecule has 1 aliphatic rings. The van der Waals surface area contributed by atoms with Gasteiger partial charge in [0.15, 0.2) is 0 Å². The summed E-state index contributed by atoms with van der Waals surface area (Å²) in [5, 5.41) is 10.2. The van der Waals surface area contributed by atoms with E-state index in [9.17, 15) is 0 Å². The molecule has 1 aromatic rings. The zero-order chi connectivity index (χ0) is 6.97. The van der Waals surface area contributed by atoms with E-state index >= 15 is 0 Å². The highest BCUT2D eigenvalue weighted by atomic mass is 16.5. The van der Waals surface area contributed by atoms with Crippen LogP contribution in [0.15, 0.2) is 30.3 Å². The van der Waals surface area contributed by atoms with Gasteiger partial charge in [-0.15, -0.1) is 0 Å². The van der Waals surface area contributed by atoms with Crippen LogP contribution in [0.1, 0.15) is 11.6 Å². The van der Waals surface area contributed by atoms with Gasteiger partial charge >= 0.3 is 0 Å². The molecule has 0 aromatic heterocycles. The summed E-state index contributed by atoms with van der Waals surface area (Å²) in [4.78, 5) is 0. The minimum Gasteiger partial charge on any atom is -0.313 e. The molecule has 0 bridgehead atoms. The SMILES string of the molecule is ON1CC1c1ccccc1. The third kappa shape index (κ3) is 0.916. The van der Waals surface area contributed by atoms with Gasteiger partial charge in [0.05, 0.1) is 6.04 Å². The van der Waals surface area contributed by atoms with E-state index in [0.717, 1.165) is 6.54 Å². The van der Waals surface area contributed by atoms with Gasteiger partial charge in [-0.3, -0.25) is 0 Å². The summed E-state index contributed by atoms with van der Waals surface area (Å²) in [5.74, 6) is 0. The Hall–Kier alpha value is -0.860.